The Labute approximate surface area is 136 Å². The predicted octanol–water partition coefficient (Wildman–Crippen LogP) is 4.82. The zero-order chi connectivity index (χ0) is 15.5. The Balaban J connectivity index is 2.19. The van der Waals surface area contributed by atoms with E-state index in [2.05, 4.69) is 43.2 Å². The number of rotatable bonds is 5. The van der Waals surface area contributed by atoms with E-state index in [0.717, 1.165) is 23.0 Å². The van der Waals surface area contributed by atoms with E-state index < -0.39 is 0 Å². The van der Waals surface area contributed by atoms with Crippen molar-refractivity contribution in [1.82, 2.24) is 10.3 Å². The van der Waals surface area contributed by atoms with E-state index in [1.807, 2.05) is 25.3 Å². The summed E-state index contributed by atoms with van der Waals surface area (Å²) in [6, 6.07) is 8.14. The fourth-order valence-electron chi connectivity index (χ4n) is 2.27. The monoisotopic (exact) mass is 322 g/mol. The first kappa shape index (κ1) is 16.5. The van der Waals surface area contributed by atoms with Crippen LogP contribution in [-0.2, 0) is 6.42 Å². The van der Waals surface area contributed by atoms with Crippen LogP contribution in [0.4, 0.5) is 0 Å². The fraction of sp³-hybridized carbons (Fsp3) is 0.471. The number of aryl methyl sites for hydroxylation is 1. The van der Waals surface area contributed by atoms with Crippen LogP contribution >= 0.6 is 22.9 Å². The predicted molar refractivity (Wildman–Crippen MR) is 92.5 cm³/mol. The van der Waals surface area contributed by atoms with Crippen molar-refractivity contribution < 1.29 is 0 Å². The van der Waals surface area contributed by atoms with Crippen LogP contribution in [0.1, 0.15) is 42.1 Å². The van der Waals surface area contributed by atoms with Gasteiger partial charge in [0.05, 0.1) is 5.01 Å². The highest BCUT2D eigenvalue weighted by molar-refractivity contribution is 7.11. The second-order valence-corrected chi connectivity index (χ2v) is 8.13. The van der Waals surface area contributed by atoms with Crippen molar-refractivity contribution in [2.75, 3.05) is 6.54 Å². The molecule has 2 nitrogen and oxygen atoms in total. The van der Waals surface area contributed by atoms with Crippen LogP contribution in [-0.4, -0.2) is 17.1 Å². The number of hydrogen-bond donors (Lipinski definition) is 1. The normalized spacial score (nSPS) is 13.4. The first-order chi connectivity index (χ1) is 9.85. The number of nitrogens with one attached hydrogen (secondary N) is 1. The van der Waals surface area contributed by atoms with E-state index >= 15 is 0 Å². The maximum Gasteiger partial charge on any atom is 0.0896 e. The van der Waals surface area contributed by atoms with Crippen LogP contribution in [0.3, 0.4) is 0 Å². The van der Waals surface area contributed by atoms with Crippen molar-refractivity contribution in [2.24, 2.45) is 0 Å². The topological polar surface area (TPSA) is 24.9 Å². The van der Waals surface area contributed by atoms with E-state index in [-0.39, 0.29) is 5.54 Å². The standard InChI is InChI=1S/C17H23ClN2S/c1-12-19-11-14(21-12)9-13(10-20-17(2,3)4)15-7-5-6-8-16(15)18/h5-8,11,13,20H,9-10H2,1-4H3. The van der Waals surface area contributed by atoms with E-state index in [1.54, 1.807) is 11.3 Å². The van der Waals surface area contributed by atoms with E-state index in [9.17, 15) is 0 Å². The van der Waals surface area contributed by atoms with Gasteiger partial charge in [0.15, 0.2) is 0 Å². The minimum Gasteiger partial charge on any atom is -0.311 e. The second-order valence-electron chi connectivity index (χ2n) is 6.40. The average Bonchev–Trinajstić information content (AvgIpc) is 2.80. The van der Waals surface area contributed by atoms with Crippen molar-refractivity contribution >= 4 is 22.9 Å². The summed E-state index contributed by atoms with van der Waals surface area (Å²) in [6.45, 7) is 9.52. The highest BCUT2D eigenvalue weighted by atomic mass is 35.5. The Kier molecular flexibility index (Phi) is 5.42. The number of benzene rings is 1. The van der Waals surface area contributed by atoms with Crippen molar-refractivity contribution in [1.29, 1.82) is 0 Å². The fourth-order valence-corrected chi connectivity index (χ4v) is 3.44. The van der Waals surface area contributed by atoms with Crippen LogP contribution in [0.15, 0.2) is 30.5 Å². The van der Waals surface area contributed by atoms with Crippen LogP contribution in [0.5, 0.6) is 0 Å². The quantitative estimate of drug-likeness (QED) is 0.853. The summed E-state index contributed by atoms with van der Waals surface area (Å²) in [6.07, 6.45) is 2.96. The van der Waals surface area contributed by atoms with Crippen LogP contribution in [0, 0.1) is 6.92 Å². The highest BCUT2D eigenvalue weighted by Crippen LogP contribution is 2.29. The minimum absolute atomic E-state index is 0.100. The molecule has 0 amide bonds. The molecule has 4 heteroatoms. The van der Waals surface area contributed by atoms with Gasteiger partial charge in [-0.15, -0.1) is 11.3 Å². The van der Waals surface area contributed by atoms with Gasteiger partial charge in [0.1, 0.15) is 0 Å². The third-order valence-electron chi connectivity index (χ3n) is 3.34. The molecule has 1 N–H and O–H groups in total. The van der Waals surface area contributed by atoms with Crippen molar-refractivity contribution in [3.8, 4) is 0 Å². The van der Waals surface area contributed by atoms with Gasteiger partial charge >= 0.3 is 0 Å². The minimum atomic E-state index is 0.100. The molecule has 1 heterocycles. The number of thiazole rings is 1. The smallest absolute Gasteiger partial charge is 0.0896 e. The molecule has 0 saturated heterocycles. The maximum absolute atomic E-state index is 6.40. The molecule has 0 aliphatic carbocycles. The van der Waals surface area contributed by atoms with Gasteiger partial charge in [-0.3, -0.25) is 0 Å². The molecule has 0 fully saturated rings. The lowest BCUT2D eigenvalue weighted by atomic mass is 9.94. The van der Waals surface area contributed by atoms with Gasteiger partial charge in [0.25, 0.3) is 0 Å². The first-order valence-corrected chi connectivity index (χ1v) is 8.45. The number of aromatic nitrogens is 1. The molecule has 1 aromatic heterocycles. The molecule has 2 rings (SSSR count). The molecule has 1 aromatic carbocycles. The van der Waals surface area contributed by atoms with Gasteiger partial charge in [-0.2, -0.15) is 0 Å². The maximum atomic E-state index is 6.40. The molecule has 0 saturated carbocycles. The summed E-state index contributed by atoms with van der Waals surface area (Å²) in [5.74, 6) is 0.359. The van der Waals surface area contributed by atoms with Gasteiger partial charge in [-0.05, 0) is 45.7 Å². The lowest BCUT2D eigenvalue weighted by Crippen LogP contribution is -2.39. The van der Waals surface area contributed by atoms with E-state index in [4.69, 9.17) is 11.6 Å². The summed E-state index contributed by atoms with van der Waals surface area (Å²) in [4.78, 5) is 5.67. The molecule has 0 aliphatic heterocycles. The lowest BCUT2D eigenvalue weighted by molar-refractivity contribution is 0.405. The Bertz CT molecular complexity index is 586. The molecule has 1 atom stereocenters. The Hall–Kier alpha value is -0.900. The molecule has 1 unspecified atom stereocenters. The SMILES string of the molecule is Cc1ncc(CC(CNC(C)(C)C)c2ccccc2Cl)s1. The third-order valence-corrected chi connectivity index (χ3v) is 4.62. The Morgan fingerprint density at radius 3 is 2.57 bits per heavy atom. The van der Waals surface area contributed by atoms with Gasteiger partial charge < -0.3 is 5.32 Å². The number of nitrogens with zero attached hydrogens (tertiary/aromatic N) is 1. The Morgan fingerprint density at radius 1 is 1.29 bits per heavy atom. The molecule has 2 aromatic rings. The van der Waals surface area contributed by atoms with Gasteiger partial charge in [-0.1, -0.05) is 29.8 Å². The van der Waals surface area contributed by atoms with Crippen LogP contribution < -0.4 is 5.32 Å². The first-order valence-electron chi connectivity index (χ1n) is 7.26. The number of halogens is 1. The lowest BCUT2D eigenvalue weighted by Gasteiger charge is -2.26. The third kappa shape index (κ3) is 5.10. The Morgan fingerprint density at radius 2 is 2.00 bits per heavy atom. The molecule has 0 spiro atoms. The molecule has 0 aliphatic rings. The van der Waals surface area contributed by atoms with Gasteiger partial charge in [0, 0.05) is 34.1 Å². The average molecular weight is 323 g/mol. The largest absolute Gasteiger partial charge is 0.311 e. The summed E-state index contributed by atoms with van der Waals surface area (Å²) in [5, 5.41) is 5.56. The van der Waals surface area contributed by atoms with Crippen molar-refractivity contribution in [3.63, 3.8) is 0 Å². The molecular formula is C17H23ClN2S. The molecule has 0 bridgehead atoms. The zero-order valence-electron chi connectivity index (χ0n) is 13.1. The van der Waals surface area contributed by atoms with Gasteiger partial charge in [-0.25, -0.2) is 4.98 Å². The second kappa shape index (κ2) is 6.91. The zero-order valence-corrected chi connectivity index (χ0v) is 14.7. The van der Waals surface area contributed by atoms with E-state index in [1.165, 1.54) is 10.4 Å². The van der Waals surface area contributed by atoms with Crippen molar-refractivity contribution in [3.05, 3.63) is 50.9 Å². The van der Waals surface area contributed by atoms with Crippen LogP contribution in [0.2, 0.25) is 5.02 Å². The summed E-state index contributed by atoms with van der Waals surface area (Å²) in [5.41, 5.74) is 1.31. The molecule has 21 heavy (non-hydrogen) atoms. The van der Waals surface area contributed by atoms with Crippen molar-refractivity contribution in [2.45, 2.75) is 45.6 Å². The summed E-state index contributed by atoms with van der Waals surface area (Å²) in [7, 11) is 0. The summed E-state index contributed by atoms with van der Waals surface area (Å²) < 4.78 is 0. The highest BCUT2D eigenvalue weighted by Gasteiger charge is 2.19. The van der Waals surface area contributed by atoms with Crippen LogP contribution in [0.25, 0.3) is 0 Å². The van der Waals surface area contributed by atoms with Gasteiger partial charge in [0.2, 0.25) is 0 Å². The summed E-state index contributed by atoms with van der Waals surface area (Å²) >= 11 is 8.17. The number of hydrogen-bond acceptors (Lipinski definition) is 3. The molecule has 0 radical (unpaired) electrons. The van der Waals surface area contributed by atoms with E-state index in [0.29, 0.717) is 5.92 Å². The molecule has 114 valence electrons. The molecular weight excluding hydrogens is 300 g/mol.